The molecule has 0 saturated heterocycles. The van der Waals surface area contributed by atoms with E-state index in [1.54, 1.807) is 29.3 Å². The van der Waals surface area contributed by atoms with Gasteiger partial charge in [0.15, 0.2) is 11.7 Å². The summed E-state index contributed by atoms with van der Waals surface area (Å²) in [6, 6.07) is 5.19. The summed E-state index contributed by atoms with van der Waals surface area (Å²) in [6.07, 6.45) is 2.48. The number of hydrogen-bond donors (Lipinski definition) is 0. The topological polar surface area (TPSA) is 46.3 Å². The summed E-state index contributed by atoms with van der Waals surface area (Å²) in [5.74, 6) is 1.21. The Morgan fingerprint density at radius 1 is 1.27 bits per heavy atom. The molecule has 22 heavy (non-hydrogen) atoms. The monoisotopic (exact) mass is 340 g/mol. The zero-order chi connectivity index (χ0) is 16.1. The van der Waals surface area contributed by atoms with Gasteiger partial charge in [-0.2, -0.15) is 0 Å². The summed E-state index contributed by atoms with van der Waals surface area (Å²) >= 11 is 12.0. The van der Waals surface area contributed by atoms with Gasteiger partial charge in [0.05, 0.1) is 11.2 Å². The molecule has 2 aromatic rings. The number of aryl methyl sites for hydroxylation is 1. The zero-order valence-electron chi connectivity index (χ0n) is 12.6. The maximum atomic E-state index is 12.0. The van der Waals surface area contributed by atoms with E-state index in [1.165, 1.54) is 0 Å². The van der Waals surface area contributed by atoms with Crippen LogP contribution in [0.25, 0.3) is 11.3 Å². The molecule has 0 radical (unpaired) electrons. The van der Waals surface area contributed by atoms with Crippen molar-refractivity contribution in [2.24, 2.45) is 0 Å². The molecule has 0 aliphatic rings. The number of carbonyl (C=O) groups is 1. The van der Waals surface area contributed by atoms with Crippen molar-refractivity contribution in [2.75, 3.05) is 13.1 Å². The lowest BCUT2D eigenvalue weighted by Crippen LogP contribution is -2.30. The SMILES string of the molecule is CCN(CC)C(=O)CCc1ncc(-c2ccc(Cl)cc2Cl)o1. The highest BCUT2D eigenvalue weighted by Crippen LogP contribution is 2.30. The van der Waals surface area contributed by atoms with Gasteiger partial charge in [-0.1, -0.05) is 23.2 Å². The van der Waals surface area contributed by atoms with E-state index in [-0.39, 0.29) is 5.91 Å². The van der Waals surface area contributed by atoms with Crippen LogP contribution in [0.2, 0.25) is 10.0 Å². The molecule has 0 aliphatic heterocycles. The number of nitrogens with zero attached hydrogens (tertiary/aromatic N) is 2. The van der Waals surface area contributed by atoms with E-state index >= 15 is 0 Å². The first-order valence-corrected chi connectivity index (χ1v) is 7.98. The predicted octanol–water partition coefficient (Wildman–Crippen LogP) is 4.45. The first-order valence-electron chi connectivity index (χ1n) is 7.23. The minimum Gasteiger partial charge on any atom is -0.441 e. The highest BCUT2D eigenvalue weighted by Gasteiger charge is 2.14. The lowest BCUT2D eigenvalue weighted by Gasteiger charge is -2.17. The molecule has 2 rings (SSSR count). The molecule has 0 bridgehead atoms. The van der Waals surface area contributed by atoms with Crippen LogP contribution >= 0.6 is 23.2 Å². The quantitative estimate of drug-likeness (QED) is 0.780. The lowest BCUT2D eigenvalue weighted by atomic mass is 10.2. The number of benzene rings is 1. The third-order valence-corrected chi connectivity index (χ3v) is 3.97. The van der Waals surface area contributed by atoms with Crippen molar-refractivity contribution < 1.29 is 9.21 Å². The third kappa shape index (κ3) is 4.02. The maximum absolute atomic E-state index is 12.0. The Hall–Kier alpha value is -1.52. The van der Waals surface area contributed by atoms with Crippen LogP contribution < -0.4 is 0 Å². The van der Waals surface area contributed by atoms with Gasteiger partial charge >= 0.3 is 0 Å². The molecule has 1 aromatic heterocycles. The minimum absolute atomic E-state index is 0.106. The van der Waals surface area contributed by atoms with Crippen LogP contribution in [0, 0.1) is 0 Å². The number of amides is 1. The molecular formula is C16H18Cl2N2O2. The van der Waals surface area contributed by atoms with Gasteiger partial charge in [0.25, 0.3) is 0 Å². The summed E-state index contributed by atoms with van der Waals surface area (Å²) in [5.41, 5.74) is 0.736. The van der Waals surface area contributed by atoms with Crippen molar-refractivity contribution in [3.8, 4) is 11.3 Å². The van der Waals surface area contributed by atoms with Gasteiger partial charge in [-0.25, -0.2) is 4.98 Å². The second kappa shape index (κ2) is 7.65. The molecule has 6 heteroatoms. The fourth-order valence-electron chi connectivity index (χ4n) is 2.19. The van der Waals surface area contributed by atoms with Crippen molar-refractivity contribution >= 4 is 29.1 Å². The number of hydrogen-bond acceptors (Lipinski definition) is 3. The molecule has 1 amide bonds. The molecule has 0 fully saturated rings. The average Bonchev–Trinajstić information content (AvgIpc) is 2.95. The highest BCUT2D eigenvalue weighted by molar-refractivity contribution is 6.36. The number of carbonyl (C=O) groups excluding carboxylic acids is 1. The number of oxazole rings is 1. The molecular weight excluding hydrogens is 323 g/mol. The van der Waals surface area contributed by atoms with Crippen LogP contribution in [0.5, 0.6) is 0 Å². The summed E-state index contributed by atoms with van der Waals surface area (Å²) < 4.78 is 5.68. The van der Waals surface area contributed by atoms with Crippen LogP contribution in [0.3, 0.4) is 0 Å². The van der Waals surface area contributed by atoms with Crippen LogP contribution in [-0.2, 0) is 11.2 Å². The van der Waals surface area contributed by atoms with Gasteiger partial charge in [-0.3, -0.25) is 4.79 Å². The fourth-order valence-corrected chi connectivity index (χ4v) is 2.69. The molecule has 0 N–H and O–H groups in total. The Kier molecular flexibility index (Phi) is 5.86. The average molecular weight is 341 g/mol. The molecule has 118 valence electrons. The molecule has 0 unspecified atom stereocenters. The van der Waals surface area contributed by atoms with E-state index in [4.69, 9.17) is 27.6 Å². The molecule has 1 aromatic carbocycles. The number of halogens is 2. The van der Waals surface area contributed by atoms with Crippen molar-refractivity contribution in [3.63, 3.8) is 0 Å². The van der Waals surface area contributed by atoms with Gasteiger partial charge in [-0.15, -0.1) is 0 Å². The van der Waals surface area contributed by atoms with E-state index in [9.17, 15) is 4.79 Å². The van der Waals surface area contributed by atoms with E-state index < -0.39 is 0 Å². The number of aromatic nitrogens is 1. The molecule has 0 aliphatic carbocycles. The first kappa shape index (κ1) is 16.8. The Morgan fingerprint density at radius 2 is 2.00 bits per heavy atom. The van der Waals surface area contributed by atoms with E-state index in [2.05, 4.69) is 4.98 Å². The summed E-state index contributed by atoms with van der Waals surface area (Å²) in [7, 11) is 0. The van der Waals surface area contributed by atoms with E-state index in [0.29, 0.717) is 47.6 Å². The van der Waals surface area contributed by atoms with Crippen molar-refractivity contribution in [1.29, 1.82) is 0 Å². The minimum atomic E-state index is 0.106. The van der Waals surface area contributed by atoms with Crippen molar-refractivity contribution in [2.45, 2.75) is 26.7 Å². The molecule has 0 spiro atoms. The zero-order valence-corrected chi connectivity index (χ0v) is 14.1. The van der Waals surface area contributed by atoms with Crippen LogP contribution in [-0.4, -0.2) is 28.9 Å². The molecule has 0 saturated carbocycles. The van der Waals surface area contributed by atoms with Crippen LogP contribution in [0.4, 0.5) is 0 Å². The van der Waals surface area contributed by atoms with Gasteiger partial charge in [-0.05, 0) is 32.0 Å². The van der Waals surface area contributed by atoms with Crippen molar-refractivity contribution in [1.82, 2.24) is 9.88 Å². The molecule has 1 heterocycles. The Bertz CT molecular complexity index is 651. The third-order valence-electron chi connectivity index (χ3n) is 3.42. The van der Waals surface area contributed by atoms with E-state index in [1.807, 2.05) is 13.8 Å². The van der Waals surface area contributed by atoms with Crippen LogP contribution in [0.15, 0.2) is 28.8 Å². The van der Waals surface area contributed by atoms with Gasteiger partial charge in [0.2, 0.25) is 5.91 Å². The Labute approximate surface area is 140 Å². The first-order chi connectivity index (χ1) is 10.5. The summed E-state index contributed by atoms with van der Waals surface area (Å²) in [4.78, 5) is 18.0. The molecule has 0 atom stereocenters. The summed E-state index contributed by atoms with van der Waals surface area (Å²) in [5, 5.41) is 1.08. The van der Waals surface area contributed by atoms with E-state index in [0.717, 1.165) is 5.56 Å². The van der Waals surface area contributed by atoms with Gasteiger partial charge < -0.3 is 9.32 Å². The Balaban J connectivity index is 2.04. The Morgan fingerprint density at radius 3 is 2.64 bits per heavy atom. The second-order valence-electron chi connectivity index (χ2n) is 4.81. The van der Waals surface area contributed by atoms with Crippen molar-refractivity contribution in [3.05, 3.63) is 40.3 Å². The highest BCUT2D eigenvalue weighted by atomic mass is 35.5. The van der Waals surface area contributed by atoms with Gasteiger partial charge in [0, 0.05) is 36.5 Å². The summed E-state index contributed by atoms with van der Waals surface area (Å²) in [6.45, 7) is 5.36. The normalized spacial score (nSPS) is 10.7. The largest absolute Gasteiger partial charge is 0.441 e. The lowest BCUT2D eigenvalue weighted by molar-refractivity contribution is -0.130. The maximum Gasteiger partial charge on any atom is 0.223 e. The smallest absolute Gasteiger partial charge is 0.223 e. The fraction of sp³-hybridized carbons (Fsp3) is 0.375. The second-order valence-corrected chi connectivity index (χ2v) is 5.65. The standard InChI is InChI=1S/C16H18Cl2N2O2/c1-3-20(4-2)16(21)8-7-15-19-10-14(22-15)12-6-5-11(17)9-13(12)18/h5-6,9-10H,3-4,7-8H2,1-2H3. The number of rotatable bonds is 6. The predicted molar refractivity (Wildman–Crippen MR) is 88.2 cm³/mol. The molecule has 4 nitrogen and oxygen atoms in total. The van der Waals surface area contributed by atoms with Crippen LogP contribution in [0.1, 0.15) is 26.2 Å². The van der Waals surface area contributed by atoms with Gasteiger partial charge in [0.1, 0.15) is 0 Å².